The second kappa shape index (κ2) is 8.87. The summed E-state index contributed by atoms with van der Waals surface area (Å²) in [7, 11) is -3.60. The van der Waals surface area contributed by atoms with Crippen molar-refractivity contribution in [2.45, 2.75) is 37.5 Å². The molecule has 9 heteroatoms. The van der Waals surface area contributed by atoms with Gasteiger partial charge in [0.25, 0.3) is 0 Å². The third kappa shape index (κ3) is 4.14. The summed E-state index contributed by atoms with van der Waals surface area (Å²) in [6.45, 7) is 4.84. The molecule has 2 aromatic heterocycles. The predicted octanol–water partition coefficient (Wildman–Crippen LogP) is 2.18. The number of nitrogens with one attached hydrogen (secondary N) is 1. The first-order valence-electron chi connectivity index (χ1n) is 10.6. The van der Waals surface area contributed by atoms with E-state index in [1.807, 2.05) is 11.8 Å². The first-order chi connectivity index (χ1) is 14.5. The average Bonchev–Trinajstić information content (AvgIpc) is 3.20. The van der Waals surface area contributed by atoms with Gasteiger partial charge in [-0.1, -0.05) is 6.08 Å². The Hall–Kier alpha value is -2.23. The van der Waals surface area contributed by atoms with Crippen molar-refractivity contribution in [2.24, 2.45) is 0 Å². The second-order valence-electron chi connectivity index (χ2n) is 7.81. The zero-order valence-electron chi connectivity index (χ0n) is 17.4. The van der Waals surface area contributed by atoms with Crippen molar-refractivity contribution in [2.75, 3.05) is 39.3 Å². The Morgan fingerprint density at radius 1 is 1.23 bits per heavy atom. The van der Waals surface area contributed by atoms with Crippen LogP contribution < -0.4 is 0 Å². The van der Waals surface area contributed by atoms with E-state index in [1.165, 1.54) is 16.9 Å². The van der Waals surface area contributed by atoms with Gasteiger partial charge in [0, 0.05) is 56.2 Å². The lowest BCUT2D eigenvalue weighted by Crippen LogP contribution is -2.51. The Labute approximate surface area is 177 Å². The van der Waals surface area contributed by atoms with Crippen LogP contribution in [0.5, 0.6) is 0 Å². The summed E-state index contributed by atoms with van der Waals surface area (Å²) in [5.41, 5.74) is 1.71. The van der Waals surface area contributed by atoms with Crippen molar-refractivity contribution in [3.63, 3.8) is 0 Å². The number of rotatable bonds is 6. The van der Waals surface area contributed by atoms with Gasteiger partial charge in [0.2, 0.25) is 15.9 Å². The molecule has 2 aliphatic rings. The molecule has 0 saturated carbocycles. The lowest BCUT2D eigenvalue weighted by atomic mass is 10.0. The molecule has 0 aromatic carbocycles. The molecule has 4 rings (SSSR count). The molecular formula is C21H29N5O3S. The van der Waals surface area contributed by atoms with E-state index in [0.717, 1.165) is 25.0 Å². The fraction of sp³-hybridized carbons (Fsp3) is 0.524. The quantitative estimate of drug-likeness (QED) is 0.757. The molecule has 0 radical (unpaired) electrons. The minimum Gasteiger partial charge on any atom is -0.345 e. The van der Waals surface area contributed by atoms with E-state index in [9.17, 15) is 13.2 Å². The number of hydrogen-bond acceptors (Lipinski definition) is 5. The maximum Gasteiger partial charge on any atom is 0.245 e. The largest absolute Gasteiger partial charge is 0.345 e. The molecule has 2 aromatic rings. The third-order valence-electron chi connectivity index (χ3n) is 5.95. The number of carbonyl (C=O) groups is 1. The fourth-order valence-electron chi connectivity index (χ4n) is 4.29. The molecule has 1 aliphatic heterocycles. The third-order valence-corrected chi connectivity index (χ3v) is 7.89. The van der Waals surface area contributed by atoms with Crippen LogP contribution in [0.15, 0.2) is 41.2 Å². The molecule has 162 valence electrons. The SMILES string of the molecule is CCN(C(=O)CN1CCN(S(=O)(=O)c2c[nH]c3ncccc23)CC1)C1=CCCCC1. The molecule has 30 heavy (non-hydrogen) atoms. The summed E-state index contributed by atoms with van der Waals surface area (Å²) in [4.78, 5) is 24.2. The Morgan fingerprint density at radius 2 is 2.03 bits per heavy atom. The van der Waals surface area contributed by atoms with E-state index in [0.29, 0.717) is 50.3 Å². The van der Waals surface area contributed by atoms with Gasteiger partial charge < -0.3 is 9.88 Å². The van der Waals surface area contributed by atoms with Gasteiger partial charge in [-0.15, -0.1) is 0 Å². The van der Waals surface area contributed by atoms with Gasteiger partial charge in [0.15, 0.2) is 0 Å². The van der Waals surface area contributed by atoms with Crippen LogP contribution in [0.25, 0.3) is 11.0 Å². The number of carbonyl (C=O) groups excluding carboxylic acids is 1. The van der Waals surface area contributed by atoms with Gasteiger partial charge in [-0.3, -0.25) is 9.69 Å². The number of sulfonamides is 1. The van der Waals surface area contributed by atoms with Gasteiger partial charge in [-0.2, -0.15) is 4.31 Å². The van der Waals surface area contributed by atoms with Crippen LogP contribution in [-0.4, -0.2) is 77.7 Å². The second-order valence-corrected chi connectivity index (χ2v) is 9.72. The molecule has 0 atom stereocenters. The molecule has 0 unspecified atom stereocenters. The highest BCUT2D eigenvalue weighted by Crippen LogP contribution is 2.25. The highest BCUT2D eigenvalue weighted by Gasteiger charge is 2.31. The van der Waals surface area contributed by atoms with Crippen LogP contribution in [0.2, 0.25) is 0 Å². The van der Waals surface area contributed by atoms with E-state index in [-0.39, 0.29) is 10.8 Å². The first kappa shape index (κ1) is 21.0. The minimum atomic E-state index is -3.60. The molecular weight excluding hydrogens is 402 g/mol. The molecule has 0 bridgehead atoms. The van der Waals surface area contributed by atoms with Crippen molar-refractivity contribution in [3.05, 3.63) is 36.3 Å². The van der Waals surface area contributed by atoms with E-state index in [4.69, 9.17) is 0 Å². The number of piperazine rings is 1. The lowest BCUT2D eigenvalue weighted by molar-refractivity contribution is -0.130. The molecule has 8 nitrogen and oxygen atoms in total. The summed E-state index contributed by atoms with van der Waals surface area (Å²) in [6.07, 6.45) is 9.66. The van der Waals surface area contributed by atoms with Crippen molar-refractivity contribution in [1.82, 2.24) is 24.1 Å². The van der Waals surface area contributed by atoms with Crippen LogP contribution in [0.3, 0.4) is 0 Å². The van der Waals surface area contributed by atoms with E-state index in [1.54, 1.807) is 18.3 Å². The van der Waals surface area contributed by atoms with Gasteiger partial charge in [-0.25, -0.2) is 13.4 Å². The summed E-state index contributed by atoms with van der Waals surface area (Å²) in [5.74, 6) is 0.102. The lowest BCUT2D eigenvalue weighted by Gasteiger charge is -2.35. The molecule has 1 saturated heterocycles. The Bertz CT molecular complexity index is 1040. The number of aromatic amines is 1. The normalized spacial score (nSPS) is 19.0. The summed E-state index contributed by atoms with van der Waals surface area (Å²) in [6, 6.07) is 3.50. The summed E-state index contributed by atoms with van der Waals surface area (Å²) in [5, 5.41) is 0.606. The Balaban J connectivity index is 1.38. The number of amides is 1. The number of hydrogen-bond donors (Lipinski definition) is 1. The molecule has 0 spiro atoms. The van der Waals surface area contributed by atoms with Crippen molar-refractivity contribution in [3.8, 4) is 0 Å². The zero-order valence-corrected chi connectivity index (χ0v) is 18.2. The molecule has 1 amide bonds. The van der Waals surface area contributed by atoms with Gasteiger partial charge in [0.1, 0.15) is 10.5 Å². The van der Waals surface area contributed by atoms with Crippen LogP contribution in [0, 0.1) is 0 Å². The maximum atomic E-state index is 13.1. The summed E-state index contributed by atoms with van der Waals surface area (Å²) >= 11 is 0. The number of likely N-dealkylation sites (N-methyl/N-ethyl adjacent to an activating group) is 1. The highest BCUT2D eigenvalue weighted by atomic mass is 32.2. The minimum absolute atomic E-state index is 0.102. The van der Waals surface area contributed by atoms with Crippen molar-refractivity contribution in [1.29, 1.82) is 0 Å². The number of fused-ring (bicyclic) bond motifs is 1. The Morgan fingerprint density at radius 3 is 2.73 bits per heavy atom. The predicted molar refractivity (Wildman–Crippen MR) is 115 cm³/mol. The number of nitrogens with zero attached hydrogens (tertiary/aromatic N) is 4. The Kier molecular flexibility index (Phi) is 6.21. The zero-order chi connectivity index (χ0) is 21.1. The van der Waals surface area contributed by atoms with E-state index in [2.05, 4.69) is 20.9 Å². The van der Waals surface area contributed by atoms with Crippen LogP contribution in [0.1, 0.15) is 32.6 Å². The summed E-state index contributed by atoms with van der Waals surface area (Å²) < 4.78 is 27.8. The van der Waals surface area contributed by atoms with E-state index >= 15 is 0 Å². The van der Waals surface area contributed by atoms with Crippen LogP contribution in [-0.2, 0) is 14.8 Å². The molecule has 1 fully saturated rings. The first-order valence-corrected chi connectivity index (χ1v) is 12.1. The average molecular weight is 432 g/mol. The van der Waals surface area contributed by atoms with Crippen LogP contribution in [0.4, 0.5) is 0 Å². The number of allylic oxidation sites excluding steroid dienone is 2. The number of H-pyrrole nitrogens is 1. The van der Waals surface area contributed by atoms with Crippen molar-refractivity contribution >= 4 is 27.0 Å². The van der Waals surface area contributed by atoms with Crippen LogP contribution >= 0.6 is 0 Å². The standard InChI is InChI=1S/C21H29N5O3S/c1-2-26(17-7-4-3-5-8-17)20(27)16-24-11-13-25(14-12-24)30(28,29)19-15-23-21-18(19)9-6-10-22-21/h6-7,9-10,15H,2-5,8,11-14,16H2,1H3,(H,22,23). The van der Waals surface area contributed by atoms with Gasteiger partial charge in [0.05, 0.1) is 6.54 Å². The van der Waals surface area contributed by atoms with E-state index < -0.39 is 10.0 Å². The number of aromatic nitrogens is 2. The van der Waals surface area contributed by atoms with Gasteiger partial charge in [-0.05, 0) is 44.7 Å². The topological polar surface area (TPSA) is 89.6 Å². The molecule has 1 aliphatic carbocycles. The van der Waals surface area contributed by atoms with Crippen molar-refractivity contribution < 1.29 is 13.2 Å². The smallest absolute Gasteiger partial charge is 0.245 e. The monoisotopic (exact) mass is 431 g/mol. The number of pyridine rings is 1. The van der Waals surface area contributed by atoms with Gasteiger partial charge >= 0.3 is 0 Å². The maximum absolute atomic E-state index is 13.1. The fourth-order valence-corrected chi connectivity index (χ4v) is 5.87. The molecule has 3 heterocycles. The highest BCUT2D eigenvalue weighted by molar-refractivity contribution is 7.89. The molecule has 1 N–H and O–H groups in total.